The van der Waals surface area contributed by atoms with Crippen molar-refractivity contribution in [1.82, 2.24) is 4.31 Å². The van der Waals surface area contributed by atoms with Crippen molar-refractivity contribution in [2.45, 2.75) is 18.7 Å². The third-order valence-electron chi connectivity index (χ3n) is 2.59. The van der Waals surface area contributed by atoms with Crippen LogP contribution in [0.2, 0.25) is 5.02 Å². The number of benzene rings is 1. The molecule has 0 bridgehead atoms. The standard InChI is InChI=1S/C13H17ClN2O2S/c1-3-16(4-2)19(17,18)13-8-7-11(6-5-9-15)10-12(13)14/h7-8,10H,3-4,9,15H2,1-2H3. The average Bonchev–Trinajstić information content (AvgIpc) is 2.37. The zero-order valence-electron chi connectivity index (χ0n) is 11.0. The molecule has 0 aliphatic carbocycles. The van der Waals surface area contributed by atoms with Gasteiger partial charge in [0.1, 0.15) is 4.90 Å². The molecule has 0 saturated carbocycles. The molecule has 1 aromatic carbocycles. The molecule has 0 amide bonds. The molecule has 4 nitrogen and oxygen atoms in total. The SMILES string of the molecule is CCN(CC)S(=O)(=O)c1ccc(C#CCN)cc1Cl. The van der Waals surface area contributed by atoms with Crippen LogP contribution in [0.3, 0.4) is 0 Å². The number of nitrogens with zero attached hydrogens (tertiary/aromatic N) is 1. The summed E-state index contributed by atoms with van der Waals surface area (Å²) >= 11 is 6.05. The van der Waals surface area contributed by atoms with Crippen LogP contribution in [0, 0.1) is 11.8 Å². The Kier molecular flexibility index (Phi) is 5.83. The first-order valence-electron chi connectivity index (χ1n) is 5.96. The molecule has 6 heteroatoms. The van der Waals surface area contributed by atoms with Crippen LogP contribution in [0.5, 0.6) is 0 Å². The largest absolute Gasteiger partial charge is 0.320 e. The van der Waals surface area contributed by atoms with E-state index in [0.717, 1.165) is 0 Å². The Morgan fingerprint density at radius 1 is 1.32 bits per heavy atom. The zero-order valence-corrected chi connectivity index (χ0v) is 12.6. The second kappa shape index (κ2) is 6.92. The van der Waals surface area contributed by atoms with Crippen LogP contribution in [0.25, 0.3) is 0 Å². The Labute approximate surface area is 119 Å². The lowest BCUT2D eigenvalue weighted by Crippen LogP contribution is -2.30. The lowest BCUT2D eigenvalue weighted by Gasteiger charge is -2.19. The van der Waals surface area contributed by atoms with Crippen molar-refractivity contribution in [1.29, 1.82) is 0 Å². The van der Waals surface area contributed by atoms with E-state index in [4.69, 9.17) is 17.3 Å². The molecule has 0 aliphatic heterocycles. The van der Waals surface area contributed by atoms with Gasteiger partial charge < -0.3 is 5.73 Å². The Morgan fingerprint density at radius 2 is 1.95 bits per heavy atom. The van der Waals surface area contributed by atoms with E-state index >= 15 is 0 Å². The molecule has 0 radical (unpaired) electrons. The van der Waals surface area contributed by atoms with Crippen LogP contribution in [0.4, 0.5) is 0 Å². The van der Waals surface area contributed by atoms with E-state index in [0.29, 0.717) is 18.7 Å². The minimum Gasteiger partial charge on any atom is -0.320 e. The van der Waals surface area contributed by atoms with Crippen molar-refractivity contribution in [3.8, 4) is 11.8 Å². The maximum atomic E-state index is 12.3. The van der Waals surface area contributed by atoms with Crippen molar-refractivity contribution >= 4 is 21.6 Å². The summed E-state index contributed by atoms with van der Waals surface area (Å²) in [6, 6.07) is 4.65. The summed E-state index contributed by atoms with van der Waals surface area (Å²) in [4.78, 5) is 0.108. The van der Waals surface area contributed by atoms with Gasteiger partial charge in [0.15, 0.2) is 0 Å². The van der Waals surface area contributed by atoms with E-state index in [1.807, 2.05) is 0 Å². The van der Waals surface area contributed by atoms with Crippen molar-refractivity contribution in [2.75, 3.05) is 19.6 Å². The number of sulfonamides is 1. The van der Waals surface area contributed by atoms with Gasteiger partial charge >= 0.3 is 0 Å². The smallest absolute Gasteiger partial charge is 0.244 e. The van der Waals surface area contributed by atoms with Crippen LogP contribution in [0.15, 0.2) is 23.1 Å². The first-order valence-corrected chi connectivity index (χ1v) is 7.77. The molecule has 0 aromatic heterocycles. The highest BCUT2D eigenvalue weighted by molar-refractivity contribution is 7.89. The van der Waals surface area contributed by atoms with Crippen molar-refractivity contribution in [2.24, 2.45) is 5.73 Å². The molecule has 0 aliphatic rings. The fourth-order valence-corrected chi connectivity index (χ4v) is 3.62. The summed E-state index contributed by atoms with van der Waals surface area (Å²) in [6.45, 7) is 4.64. The molecule has 104 valence electrons. The summed E-state index contributed by atoms with van der Waals surface area (Å²) in [7, 11) is -3.54. The Balaban J connectivity index is 3.23. The number of rotatable bonds is 4. The fourth-order valence-electron chi connectivity index (χ4n) is 1.64. The maximum Gasteiger partial charge on any atom is 0.244 e. The number of hydrogen-bond acceptors (Lipinski definition) is 3. The van der Waals surface area contributed by atoms with Crippen molar-refractivity contribution in [3.05, 3.63) is 28.8 Å². The van der Waals surface area contributed by atoms with E-state index in [-0.39, 0.29) is 16.5 Å². The molecule has 1 aromatic rings. The van der Waals surface area contributed by atoms with Crippen molar-refractivity contribution in [3.63, 3.8) is 0 Å². The lowest BCUT2D eigenvalue weighted by molar-refractivity contribution is 0.445. The van der Waals surface area contributed by atoms with Gasteiger partial charge in [-0.2, -0.15) is 4.31 Å². The molecule has 1 rings (SSSR count). The Morgan fingerprint density at radius 3 is 2.42 bits per heavy atom. The zero-order chi connectivity index (χ0) is 14.5. The molecular weight excluding hydrogens is 284 g/mol. The summed E-state index contributed by atoms with van der Waals surface area (Å²) < 4.78 is 26.0. The van der Waals surface area contributed by atoms with Gasteiger partial charge in [-0.15, -0.1) is 0 Å². The predicted molar refractivity (Wildman–Crippen MR) is 77.5 cm³/mol. The van der Waals surface area contributed by atoms with Crippen LogP contribution >= 0.6 is 11.6 Å². The van der Waals surface area contributed by atoms with Gasteiger partial charge in [-0.3, -0.25) is 0 Å². The molecule has 0 fully saturated rings. The average molecular weight is 301 g/mol. The van der Waals surface area contributed by atoms with Gasteiger partial charge in [0.05, 0.1) is 11.6 Å². The highest BCUT2D eigenvalue weighted by atomic mass is 35.5. The van der Waals surface area contributed by atoms with E-state index in [1.54, 1.807) is 26.0 Å². The first-order chi connectivity index (χ1) is 8.97. The summed E-state index contributed by atoms with van der Waals surface area (Å²) in [5.74, 6) is 5.51. The van der Waals surface area contributed by atoms with Gasteiger partial charge in [-0.25, -0.2) is 8.42 Å². The third-order valence-corrected chi connectivity index (χ3v) is 5.12. The van der Waals surface area contributed by atoms with Crippen molar-refractivity contribution < 1.29 is 8.42 Å². The predicted octanol–water partition coefficient (Wildman–Crippen LogP) is 1.68. The summed E-state index contributed by atoms with van der Waals surface area (Å²) in [5.41, 5.74) is 5.93. The Bertz CT molecular complexity index is 599. The van der Waals surface area contributed by atoms with E-state index in [1.165, 1.54) is 10.4 Å². The summed E-state index contributed by atoms with van der Waals surface area (Å²) in [6.07, 6.45) is 0. The second-order valence-electron chi connectivity index (χ2n) is 3.74. The molecule has 0 heterocycles. The number of hydrogen-bond donors (Lipinski definition) is 1. The molecular formula is C13H17ClN2O2S. The lowest BCUT2D eigenvalue weighted by atomic mass is 10.2. The summed E-state index contributed by atoms with van der Waals surface area (Å²) in [5, 5.41) is 0.177. The molecule has 19 heavy (non-hydrogen) atoms. The third kappa shape index (κ3) is 3.71. The minimum atomic E-state index is -3.54. The van der Waals surface area contributed by atoms with E-state index in [2.05, 4.69) is 11.8 Å². The monoisotopic (exact) mass is 300 g/mol. The second-order valence-corrected chi connectivity index (χ2v) is 6.05. The molecule has 0 saturated heterocycles. The highest BCUT2D eigenvalue weighted by Crippen LogP contribution is 2.25. The van der Waals surface area contributed by atoms with E-state index in [9.17, 15) is 8.42 Å². The molecule has 0 spiro atoms. The van der Waals surface area contributed by atoms with Gasteiger partial charge in [0.2, 0.25) is 10.0 Å². The maximum absolute atomic E-state index is 12.3. The number of nitrogens with two attached hydrogens (primary N) is 1. The van der Waals surface area contributed by atoms with Gasteiger partial charge in [-0.1, -0.05) is 37.3 Å². The minimum absolute atomic E-state index is 0.108. The molecule has 0 atom stereocenters. The Hall–Kier alpha value is -1.06. The van der Waals surface area contributed by atoms with Crippen LogP contribution in [-0.2, 0) is 10.0 Å². The topological polar surface area (TPSA) is 63.4 Å². The van der Waals surface area contributed by atoms with Gasteiger partial charge in [0, 0.05) is 18.7 Å². The van der Waals surface area contributed by atoms with E-state index < -0.39 is 10.0 Å². The fraction of sp³-hybridized carbons (Fsp3) is 0.385. The van der Waals surface area contributed by atoms with Gasteiger partial charge in [0.25, 0.3) is 0 Å². The first kappa shape index (κ1) is 16.0. The quantitative estimate of drug-likeness (QED) is 0.861. The normalized spacial score (nSPS) is 11.2. The van der Waals surface area contributed by atoms with Gasteiger partial charge in [-0.05, 0) is 18.2 Å². The highest BCUT2D eigenvalue weighted by Gasteiger charge is 2.24. The van der Waals surface area contributed by atoms with Crippen LogP contribution in [0.1, 0.15) is 19.4 Å². The van der Waals surface area contributed by atoms with Crippen LogP contribution < -0.4 is 5.73 Å². The molecule has 2 N–H and O–H groups in total. The number of halogens is 1. The van der Waals surface area contributed by atoms with Crippen LogP contribution in [-0.4, -0.2) is 32.4 Å². The molecule has 0 unspecified atom stereocenters.